The highest BCUT2D eigenvalue weighted by molar-refractivity contribution is 7.92. The summed E-state index contributed by atoms with van der Waals surface area (Å²) >= 11 is 5.72. The maximum absolute atomic E-state index is 13.5. The number of sulfonamides is 1. The predicted octanol–water partition coefficient (Wildman–Crippen LogP) is 6.59. The molecular formula is C30H25ClF3N3O4S. The number of hydrogen-bond acceptors (Lipinski definition) is 5. The third kappa shape index (κ3) is 7.89. The van der Waals surface area contributed by atoms with Gasteiger partial charge in [0.15, 0.2) is 0 Å². The summed E-state index contributed by atoms with van der Waals surface area (Å²) in [6.45, 7) is 1.55. The summed E-state index contributed by atoms with van der Waals surface area (Å²) in [5, 5.41) is 3.25. The molecule has 12 heteroatoms. The summed E-state index contributed by atoms with van der Waals surface area (Å²) in [4.78, 5) is 12.5. The van der Waals surface area contributed by atoms with Crippen molar-refractivity contribution in [1.82, 2.24) is 5.43 Å². The lowest BCUT2D eigenvalue weighted by Crippen LogP contribution is -2.39. The maximum atomic E-state index is 13.5. The summed E-state index contributed by atoms with van der Waals surface area (Å²) in [5.41, 5.74) is 3.38. The number of nitrogens with zero attached hydrogens (tertiary/aromatic N) is 2. The van der Waals surface area contributed by atoms with E-state index in [0.717, 1.165) is 23.3 Å². The molecule has 4 aromatic rings. The Bertz CT molecular complexity index is 1660. The Kier molecular flexibility index (Phi) is 9.54. The fraction of sp³-hybridized carbons (Fsp3) is 0.133. The van der Waals surface area contributed by atoms with Crippen molar-refractivity contribution >= 4 is 39.4 Å². The smallest absolute Gasteiger partial charge is 0.417 e. The van der Waals surface area contributed by atoms with Crippen molar-refractivity contribution in [2.45, 2.75) is 24.6 Å². The molecule has 0 heterocycles. The lowest BCUT2D eigenvalue weighted by atomic mass is 10.2. The zero-order valence-electron chi connectivity index (χ0n) is 22.2. The van der Waals surface area contributed by atoms with Crippen molar-refractivity contribution < 1.29 is 31.1 Å². The number of rotatable bonds is 10. The lowest BCUT2D eigenvalue weighted by molar-refractivity contribution is -0.137. The summed E-state index contributed by atoms with van der Waals surface area (Å²) in [5.74, 6) is -0.257. The molecule has 0 atom stereocenters. The highest BCUT2D eigenvalue weighted by Gasteiger charge is 2.35. The number of hydrazone groups is 1. The fourth-order valence-electron chi connectivity index (χ4n) is 3.77. The maximum Gasteiger partial charge on any atom is 0.417 e. The van der Waals surface area contributed by atoms with E-state index in [1.54, 1.807) is 30.3 Å². The molecule has 0 unspecified atom stereocenters. The topological polar surface area (TPSA) is 88.1 Å². The number of carbonyl (C=O) groups is 1. The highest BCUT2D eigenvalue weighted by Crippen LogP contribution is 2.38. The SMILES string of the molecule is Cc1ccc(COc2ccc(/C=N\NC(=O)CN(c3ccc(Cl)c(C(F)(F)F)c3)S(=O)(=O)c3ccccc3)cc2)cc1. The number of hydrogen-bond donors (Lipinski definition) is 1. The van der Waals surface area contributed by atoms with Gasteiger partial charge >= 0.3 is 6.18 Å². The van der Waals surface area contributed by atoms with Crippen LogP contribution in [0.25, 0.3) is 0 Å². The first-order valence-electron chi connectivity index (χ1n) is 12.5. The molecular weight excluding hydrogens is 591 g/mol. The summed E-state index contributed by atoms with van der Waals surface area (Å²) in [6, 6.07) is 24.5. The number of aryl methyl sites for hydroxylation is 1. The third-order valence-electron chi connectivity index (χ3n) is 5.97. The van der Waals surface area contributed by atoms with Gasteiger partial charge in [0.1, 0.15) is 18.9 Å². The molecule has 0 radical (unpaired) electrons. The summed E-state index contributed by atoms with van der Waals surface area (Å²) < 4.78 is 73.6. The lowest BCUT2D eigenvalue weighted by Gasteiger charge is -2.24. The molecule has 0 spiro atoms. The molecule has 0 fully saturated rings. The van der Waals surface area contributed by atoms with Gasteiger partial charge in [0.2, 0.25) is 0 Å². The molecule has 0 aliphatic carbocycles. The number of amides is 1. The zero-order chi connectivity index (χ0) is 30.3. The van der Waals surface area contributed by atoms with Gasteiger partial charge in [0.05, 0.1) is 27.4 Å². The number of nitrogens with one attached hydrogen (secondary N) is 1. The van der Waals surface area contributed by atoms with E-state index in [0.29, 0.717) is 28.3 Å². The molecule has 42 heavy (non-hydrogen) atoms. The van der Waals surface area contributed by atoms with Crippen LogP contribution in [0.3, 0.4) is 0 Å². The molecule has 4 aromatic carbocycles. The van der Waals surface area contributed by atoms with Crippen LogP contribution in [0.5, 0.6) is 5.75 Å². The Morgan fingerprint density at radius 3 is 2.29 bits per heavy atom. The van der Waals surface area contributed by atoms with Gasteiger partial charge in [-0.25, -0.2) is 13.8 Å². The Hall–Kier alpha value is -4.35. The van der Waals surface area contributed by atoms with Crippen molar-refractivity contribution in [2.75, 3.05) is 10.8 Å². The Morgan fingerprint density at radius 2 is 1.64 bits per heavy atom. The molecule has 0 saturated carbocycles. The minimum Gasteiger partial charge on any atom is -0.489 e. The van der Waals surface area contributed by atoms with Crippen molar-refractivity contribution in [1.29, 1.82) is 0 Å². The molecule has 7 nitrogen and oxygen atoms in total. The van der Waals surface area contributed by atoms with E-state index in [-0.39, 0.29) is 4.90 Å². The number of benzene rings is 4. The van der Waals surface area contributed by atoms with Gasteiger partial charge in [-0.05, 0) is 72.6 Å². The highest BCUT2D eigenvalue weighted by atomic mass is 35.5. The van der Waals surface area contributed by atoms with E-state index in [1.807, 2.05) is 31.2 Å². The first-order chi connectivity index (χ1) is 19.9. The van der Waals surface area contributed by atoms with Gasteiger partial charge in [0.25, 0.3) is 15.9 Å². The van der Waals surface area contributed by atoms with Crippen LogP contribution < -0.4 is 14.5 Å². The average molecular weight is 616 g/mol. The number of anilines is 1. The molecule has 0 aliphatic rings. The van der Waals surface area contributed by atoms with Crippen LogP contribution in [0.2, 0.25) is 5.02 Å². The largest absolute Gasteiger partial charge is 0.489 e. The molecule has 0 bridgehead atoms. The Balaban J connectivity index is 1.46. The van der Waals surface area contributed by atoms with Gasteiger partial charge in [-0.2, -0.15) is 18.3 Å². The van der Waals surface area contributed by atoms with Crippen molar-refractivity contribution in [3.8, 4) is 5.75 Å². The predicted molar refractivity (Wildman–Crippen MR) is 155 cm³/mol. The number of halogens is 4. The van der Waals surface area contributed by atoms with Gasteiger partial charge in [-0.15, -0.1) is 0 Å². The van der Waals surface area contributed by atoms with Crippen LogP contribution >= 0.6 is 11.6 Å². The summed E-state index contributed by atoms with van der Waals surface area (Å²) in [6.07, 6.45) is -3.51. The van der Waals surface area contributed by atoms with Crippen LogP contribution in [0.4, 0.5) is 18.9 Å². The van der Waals surface area contributed by atoms with Gasteiger partial charge in [0, 0.05) is 0 Å². The second kappa shape index (κ2) is 13.1. The van der Waals surface area contributed by atoms with Crippen molar-refractivity contribution in [3.05, 3.63) is 124 Å². The van der Waals surface area contributed by atoms with Gasteiger partial charge in [-0.1, -0.05) is 59.6 Å². The fourth-order valence-corrected chi connectivity index (χ4v) is 5.42. The first-order valence-corrected chi connectivity index (χ1v) is 14.3. The van der Waals surface area contributed by atoms with E-state index < -0.39 is 44.9 Å². The number of alkyl halides is 3. The van der Waals surface area contributed by atoms with Crippen LogP contribution in [0.1, 0.15) is 22.3 Å². The molecule has 0 saturated heterocycles. The second-order valence-corrected chi connectivity index (χ2v) is 11.4. The Labute approximate surface area is 246 Å². The molecule has 1 N–H and O–H groups in total. The molecule has 0 aromatic heterocycles. The zero-order valence-corrected chi connectivity index (χ0v) is 23.7. The van der Waals surface area contributed by atoms with Crippen LogP contribution in [-0.2, 0) is 27.6 Å². The molecule has 1 amide bonds. The van der Waals surface area contributed by atoms with E-state index in [1.165, 1.54) is 30.5 Å². The van der Waals surface area contributed by atoms with Crippen molar-refractivity contribution in [2.24, 2.45) is 5.10 Å². The monoisotopic (exact) mass is 615 g/mol. The minimum absolute atomic E-state index is 0.213. The summed E-state index contributed by atoms with van der Waals surface area (Å²) in [7, 11) is -4.44. The second-order valence-electron chi connectivity index (χ2n) is 9.12. The average Bonchev–Trinajstić information content (AvgIpc) is 2.96. The molecule has 4 rings (SSSR count). The molecule has 0 aliphatic heterocycles. The minimum atomic E-state index is -4.84. The quantitative estimate of drug-likeness (QED) is 0.161. The number of ether oxygens (including phenoxy) is 1. The van der Waals surface area contributed by atoms with E-state index in [4.69, 9.17) is 16.3 Å². The van der Waals surface area contributed by atoms with Gasteiger partial charge in [-0.3, -0.25) is 9.10 Å². The first kappa shape index (κ1) is 30.6. The van der Waals surface area contributed by atoms with Crippen LogP contribution in [-0.4, -0.2) is 27.1 Å². The normalized spacial score (nSPS) is 11.8. The van der Waals surface area contributed by atoms with E-state index in [2.05, 4.69) is 10.5 Å². The third-order valence-corrected chi connectivity index (χ3v) is 8.09. The number of carbonyl (C=O) groups excluding carboxylic acids is 1. The Morgan fingerprint density at radius 1 is 0.976 bits per heavy atom. The molecule has 218 valence electrons. The van der Waals surface area contributed by atoms with Crippen LogP contribution in [0.15, 0.2) is 107 Å². The van der Waals surface area contributed by atoms with E-state index >= 15 is 0 Å². The van der Waals surface area contributed by atoms with Crippen LogP contribution in [0, 0.1) is 6.92 Å². The van der Waals surface area contributed by atoms with Crippen molar-refractivity contribution in [3.63, 3.8) is 0 Å². The van der Waals surface area contributed by atoms with Gasteiger partial charge < -0.3 is 4.74 Å². The van der Waals surface area contributed by atoms with E-state index in [9.17, 15) is 26.4 Å². The standard InChI is InChI=1S/C30H25ClF3N3O4S/c1-21-7-9-23(10-8-21)20-41-25-14-11-22(12-15-25)18-35-36-29(38)19-37(42(39,40)26-5-3-2-4-6-26)24-13-16-28(31)27(17-24)30(32,33)34/h2-18H,19-20H2,1H3,(H,36,38)/b35-18-.